The molecule has 3 rings (SSSR count). The fourth-order valence-corrected chi connectivity index (χ4v) is 2.52. The number of ether oxygens (including phenoxy) is 1. The van der Waals surface area contributed by atoms with E-state index in [0.29, 0.717) is 6.61 Å². The van der Waals surface area contributed by atoms with Crippen molar-refractivity contribution in [2.45, 2.75) is 13.8 Å². The van der Waals surface area contributed by atoms with Crippen molar-refractivity contribution in [3.05, 3.63) is 54.0 Å². The van der Waals surface area contributed by atoms with Crippen molar-refractivity contribution >= 4 is 22.3 Å². The molecule has 0 aliphatic heterocycles. The maximum atomic E-state index is 13.1. The molecule has 1 aromatic heterocycles. The Labute approximate surface area is 146 Å². The average Bonchev–Trinajstić information content (AvgIpc) is 3.02. The summed E-state index contributed by atoms with van der Waals surface area (Å²) in [6.45, 7) is 4.61. The summed E-state index contributed by atoms with van der Waals surface area (Å²) in [5, 5.41) is 11.3. The molecule has 0 atom stereocenters. The van der Waals surface area contributed by atoms with Crippen molar-refractivity contribution in [1.29, 1.82) is 0 Å². The third-order valence-corrected chi connectivity index (χ3v) is 3.74. The van der Waals surface area contributed by atoms with Gasteiger partial charge in [0.25, 0.3) is 0 Å². The Bertz CT molecular complexity index is 933. The number of anilines is 2. The van der Waals surface area contributed by atoms with Crippen LogP contribution in [-0.4, -0.2) is 23.9 Å². The molecule has 0 bridgehead atoms. The van der Waals surface area contributed by atoms with E-state index in [2.05, 4.69) is 27.4 Å². The van der Waals surface area contributed by atoms with Crippen molar-refractivity contribution in [2.75, 3.05) is 19.0 Å². The second-order valence-corrected chi connectivity index (χ2v) is 6.55. The van der Waals surface area contributed by atoms with Gasteiger partial charge >= 0.3 is 0 Å². The van der Waals surface area contributed by atoms with Crippen molar-refractivity contribution < 1.29 is 9.13 Å². The predicted molar refractivity (Wildman–Crippen MR) is 98.3 cm³/mol. The summed E-state index contributed by atoms with van der Waals surface area (Å²) in [4.78, 5) is 0. The third-order valence-electron chi connectivity index (χ3n) is 3.74. The molecule has 0 aliphatic carbocycles. The molecule has 2 N–H and O–H groups in total. The van der Waals surface area contributed by atoms with Crippen LogP contribution in [0.5, 0.6) is 0 Å². The number of nitrogens with zero attached hydrogens (tertiary/aromatic N) is 1. The number of halogens is 1. The van der Waals surface area contributed by atoms with E-state index in [0.717, 1.165) is 27.8 Å². The molecule has 0 spiro atoms. The van der Waals surface area contributed by atoms with Crippen molar-refractivity contribution in [3.8, 4) is 11.8 Å². The van der Waals surface area contributed by atoms with Crippen LogP contribution in [0.2, 0.25) is 0 Å². The summed E-state index contributed by atoms with van der Waals surface area (Å²) in [6.07, 6.45) is 1.76. The van der Waals surface area contributed by atoms with E-state index < -0.39 is 0 Å². The van der Waals surface area contributed by atoms with Crippen LogP contribution in [0, 0.1) is 23.1 Å². The quantitative estimate of drug-likeness (QED) is 0.691. The molecule has 4 nitrogen and oxygen atoms in total. The van der Waals surface area contributed by atoms with Crippen molar-refractivity contribution in [1.82, 2.24) is 10.2 Å². The topological polar surface area (TPSA) is 49.9 Å². The van der Waals surface area contributed by atoms with E-state index in [-0.39, 0.29) is 11.2 Å². The number of methoxy groups -OCH3 is 1. The zero-order valence-corrected chi connectivity index (χ0v) is 14.5. The molecule has 128 valence electrons. The number of rotatable bonds is 4. The number of benzene rings is 2. The van der Waals surface area contributed by atoms with Crippen LogP contribution in [-0.2, 0) is 4.74 Å². The van der Waals surface area contributed by atoms with Gasteiger partial charge in [0.15, 0.2) is 0 Å². The van der Waals surface area contributed by atoms with E-state index in [1.54, 1.807) is 25.4 Å². The Kier molecular flexibility index (Phi) is 4.73. The average molecular weight is 337 g/mol. The highest BCUT2D eigenvalue weighted by molar-refractivity contribution is 5.86. The van der Waals surface area contributed by atoms with Crippen LogP contribution in [0.15, 0.2) is 42.6 Å². The largest absolute Gasteiger partial charge is 0.383 e. The minimum absolute atomic E-state index is 0.259. The van der Waals surface area contributed by atoms with Gasteiger partial charge in [0.1, 0.15) is 5.82 Å². The smallest absolute Gasteiger partial charge is 0.123 e. The van der Waals surface area contributed by atoms with E-state index in [1.165, 1.54) is 12.1 Å². The second-order valence-electron chi connectivity index (χ2n) is 6.55. The second kappa shape index (κ2) is 6.96. The molecule has 1 heterocycles. The highest BCUT2D eigenvalue weighted by atomic mass is 19.1. The molecule has 2 aromatic carbocycles. The number of hydrogen-bond donors (Lipinski definition) is 2. The van der Waals surface area contributed by atoms with Gasteiger partial charge in [-0.3, -0.25) is 5.10 Å². The number of fused-ring (bicyclic) bond motifs is 1. The van der Waals surface area contributed by atoms with Crippen molar-refractivity contribution in [3.63, 3.8) is 0 Å². The predicted octanol–water partition coefficient (Wildman–Crippen LogP) is 4.47. The molecule has 0 saturated carbocycles. The first-order chi connectivity index (χ1) is 12.0. The lowest BCUT2D eigenvalue weighted by atomic mass is 9.95. The minimum atomic E-state index is -0.267. The van der Waals surface area contributed by atoms with Gasteiger partial charge in [0.05, 0.1) is 29.6 Å². The normalized spacial score (nSPS) is 11.2. The van der Waals surface area contributed by atoms with E-state index >= 15 is 0 Å². The first kappa shape index (κ1) is 17.0. The SMILES string of the molecule is COCC(C)(C)C#Cc1cc2[nH]ncc2cc1Nc1ccc(F)cc1. The molecule has 25 heavy (non-hydrogen) atoms. The summed E-state index contributed by atoms with van der Waals surface area (Å²) in [5.41, 5.74) is 3.14. The van der Waals surface area contributed by atoms with Gasteiger partial charge in [0, 0.05) is 23.6 Å². The highest BCUT2D eigenvalue weighted by Gasteiger charge is 2.14. The number of aromatic amines is 1. The van der Waals surface area contributed by atoms with Crippen LogP contribution in [0.4, 0.5) is 15.8 Å². The summed E-state index contributed by atoms with van der Waals surface area (Å²) in [7, 11) is 1.67. The highest BCUT2D eigenvalue weighted by Crippen LogP contribution is 2.26. The van der Waals surface area contributed by atoms with Crippen LogP contribution in [0.3, 0.4) is 0 Å². The van der Waals surface area contributed by atoms with Gasteiger partial charge in [-0.1, -0.05) is 11.8 Å². The van der Waals surface area contributed by atoms with Crippen molar-refractivity contribution in [2.24, 2.45) is 5.41 Å². The number of nitrogens with one attached hydrogen (secondary N) is 2. The molecule has 5 heteroatoms. The zero-order chi connectivity index (χ0) is 17.9. The minimum Gasteiger partial charge on any atom is -0.383 e. The molecule has 0 fully saturated rings. The monoisotopic (exact) mass is 337 g/mol. The van der Waals surface area contributed by atoms with Crippen LogP contribution >= 0.6 is 0 Å². The molecular weight excluding hydrogens is 317 g/mol. The van der Waals surface area contributed by atoms with E-state index in [1.807, 2.05) is 26.0 Å². The lowest BCUT2D eigenvalue weighted by Gasteiger charge is -2.15. The summed E-state index contributed by atoms with van der Waals surface area (Å²) < 4.78 is 18.3. The zero-order valence-electron chi connectivity index (χ0n) is 14.5. The van der Waals surface area contributed by atoms with Gasteiger partial charge < -0.3 is 10.1 Å². The Morgan fingerprint density at radius 3 is 2.72 bits per heavy atom. The van der Waals surface area contributed by atoms with Gasteiger partial charge in [-0.25, -0.2) is 4.39 Å². The van der Waals surface area contributed by atoms with Crippen LogP contribution in [0.25, 0.3) is 10.9 Å². The summed E-state index contributed by atoms with van der Waals surface area (Å²) in [5.74, 6) is 6.23. The number of H-pyrrole nitrogens is 1. The molecule has 0 aliphatic rings. The van der Waals surface area contributed by atoms with Gasteiger partial charge in [-0.05, 0) is 50.2 Å². The molecule has 0 radical (unpaired) electrons. The molecule has 3 aromatic rings. The fraction of sp³-hybridized carbons (Fsp3) is 0.250. The Morgan fingerprint density at radius 1 is 1.24 bits per heavy atom. The lowest BCUT2D eigenvalue weighted by molar-refractivity contribution is 0.137. The fourth-order valence-electron chi connectivity index (χ4n) is 2.52. The number of aromatic nitrogens is 2. The molecule has 0 amide bonds. The maximum absolute atomic E-state index is 13.1. The van der Waals surface area contributed by atoms with E-state index in [9.17, 15) is 4.39 Å². The van der Waals surface area contributed by atoms with Crippen LogP contribution < -0.4 is 5.32 Å². The summed E-state index contributed by atoms with van der Waals surface area (Å²) in [6, 6.07) is 10.2. The Morgan fingerprint density at radius 2 is 2.00 bits per heavy atom. The molecule has 0 unspecified atom stereocenters. The van der Waals surface area contributed by atoms with Gasteiger partial charge in [0.2, 0.25) is 0 Å². The first-order valence-electron chi connectivity index (χ1n) is 7.99. The number of hydrogen-bond acceptors (Lipinski definition) is 3. The Balaban J connectivity index is 2.00. The molecular formula is C20H20FN3O. The lowest BCUT2D eigenvalue weighted by Crippen LogP contribution is -2.15. The van der Waals surface area contributed by atoms with Gasteiger partial charge in [-0.2, -0.15) is 5.10 Å². The maximum Gasteiger partial charge on any atom is 0.123 e. The molecule has 0 saturated heterocycles. The van der Waals surface area contributed by atoms with Gasteiger partial charge in [-0.15, -0.1) is 0 Å². The standard InChI is InChI=1S/C20H20FN3O/c1-20(2,13-25-3)9-8-14-10-19-15(12-22-24-19)11-18(14)23-17-6-4-16(21)5-7-17/h4-7,10-12,23H,13H2,1-3H3,(H,22,24). The first-order valence-corrected chi connectivity index (χ1v) is 7.99. The summed E-state index contributed by atoms with van der Waals surface area (Å²) >= 11 is 0. The Hall–Kier alpha value is -2.84. The van der Waals surface area contributed by atoms with Crippen LogP contribution in [0.1, 0.15) is 19.4 Å². The van der Waals surface area contributed by atoms with E-state index in [4.69, 9.17) is 4.74 Å². The third kappa shape index (κ3) is 4.17.